The molecule has 0 fully saturated rings. The topological polar surface area (TPSA) is 44.1 Å². The van der Waals surface area contributed by atoms with E-state index in [1.807, 2.05) is 25.7 Å². The number of nitrogens with zero attached hydrogens (tertiary/aromatic N) is 2. The van der Waals surface area contributed by atoms with Crippen molar-refractivity contribution in [1.82, 2.24) is 4.90 Å². The predicted molar refractivity (Wildman–Crippen MR) is 65.8 cm³/mol. The fraction of sp³-hybridized carbons (Fsp3) is 0.846. The molecule has 0 aromatic heterocycles. The molecule has 92 valence electrons. The van der Waals surface area contributed by atoms with Gasteiger partial charge in [0.25, 0.3) is 0 Å². The summed E-state index contributed by atoms with van der Waals surface area (Å²) in [6.45, 7) is 9.38. The van der Waals surface area contributed by atoms with E-state index in [1.54, 1.807) is 0 Å². The summed E-state index contributed by atoms with van der Waals surface area (Å²) < 4.78 is 0. The van der Waals surface area contributed by atoms with Crippen LogP contribution in [0.25, 0.3) is 0 Å². The number of hydrogen-bond acceptors (Lipinski definition) is 2. The maximum absolute atomic E-state index is 12.3. The highest BCUT2D eigenvalue weighted by Gasteiger charge is 2.37. The Morgan fingerprint density at radius 2 is 1.81 bits per heavy atom. The molecule has 0 spiro atoms. The molecule has 0 saturated heterocycles. The normalized spacial score (nSPS) is 10.9. The summed E-state index contributed by atoms with van der Waals surface area (Å²) in [4.78, 5) is 14.1. The number of rotatable bonds is 7. The molecule has 0 radical (unpaired) electrons. The lowest BCUT2D eigenvalue weighted by atomic mass is 9.82. The summed E-state index contributed by atoms with van der Waals surface area (Å²) in [5.41, 5.74) is -0.802. The van der Waals surface area contributed by atoms with Crippen LogP contribution < -0.4 is 0 Å². The third kappa shape index (κ3) is 3.23. The first kappa shape index (κ1) is 15.0. The lowest BCUT2D eigenvalue weighted by Gasteiger charge is -2.30. The van der Waals surface area contributed by atoms with Gasteiger partial charge >= 0.3 is 0 Å². The van der Waals surface area contributed by atoms with Crippen molar-refractivity contribution in [2.45, 2.75) is 53.4 Å². The maximum Gasteiger partial charge on any atom is 0.243 e. The fourth-order valence-electron chi connectivity index (χ4n) is 1.81. The minimum atomic E-state index is -0.802. The van der Waals surface area contributed by atoms with E-state index in [0.717, 1.165) is 19.4 Å². The Morgan fingerprint density at radius 3 is 2.12 bits per heavy atom. The molecule has 0 aromatic rings. The van der Waals surface area contributed by atoms with Gasteiger partial charge in [-0.2, -0.15) is 5.26 Å². The molecule has 0 unspecified atom stereocenters. The molecule has 0 bridgehead atoms. The van der Waals surface area contributed by atoms with Crippen molar-refractivity contribution < 1.29 is 4.79 Å². The van der Waals surface area contributed by atoms with Gasteiger partial charge in [0.05, 0.1) is 6.07 Å². The average Bonchev–Trinajstić information content (AvgIpc) is 2.33. The van der Waals surface area contributed by atoms with Gasteiger partial charge in [-0.15, -0.1) is 0 Å². The molecule has 1 amide bonds. The van der Waals surface area contributed by atoms with Gasteiger partial charge in [0.1, 0.15) is 5.41 Å². The molecule has 0 aliphatic heterocycles. The highest BCUT2D eigenvalue weighted by molar-refractivity contribution is 5.85. The van der Waals surface area contributed by atoms with Crippen molar-refractivity contribution in [3.8, 4) is 6.07 Å². The zero-order valence-electron chi connectivity index (χ0n) is 11.0. The second-order valence-electron chi connectivity index (χ2n) is 4.14. The Balaban J connectivity index is 4.77. The molecule has 0 aliphatic carbocycles. The minimum absolute atomic E-state index is 0.0101. The minimum Gasteiger partial charge on any atom is -0.342 e. The van der Waals surface area contributed by atoms with E-state index in [-0.39, 0.29) is 5.91 Å². The number of carbonyl (C=O) groups is 1. The molecule has 0 aliphatic rings. The van der Waals surface area contributed by atoms with Gasteiger partial charge in [-0.3, -0.25) is 4.79 Å². The first-order chi connectivity index (χ1) is 7.61. The van der Waals surface area contributed by atoms with Crippen LogP contribution in [0.5, 0.6) is 0 Å². The van der Waals surface area contributed by atoms with Crippen LogP contribution in [0.3, 0.4) is 0 Å². The zero-order valence-corrected chi connectivity index (χ0v) is 11.0. The summed E-state index contributed by atoms with van der Waals surface area (Å²) in [5.74, 6) is 0.0101. The first-order valence-corrected chi connectivity index (χ1v) is 6.32. The van der Waals surface area contributed by atoms with Crippen LogP contribution in [0.15, 0.2) is 0 Å². The number of amides is 1. The SMILES string of the molecule is CCCCN(CC)C(=O)C(C#N)(CC)CC. The van der Waals surface area contributed by atoms with Crippen LogP contribution >= 0.6 is 0 Å². The van der Waals surface area contributed by atoms with E-state index in [4.69, 9.17) is 0 Å². The molecule has 0 N–H and O–H groups in total. The van der Waals surface area contributed by atoms with Gasteiger partial charge < -0.3 is 4.90 Å². The molecular weight excluding hydrogens is 200 g/mol. The third-order valence-electron chi connectivity index (χ3n) is 3.28. The molecule has 0 atom stereocenters. The molecule has 3 heteroatoms. The molecule has 3 nitrogen and oxygen atoms in total. The van der Waals surface area contributed by atoms with Gasteiger partial charge in [-0.1, -0.05) is 27.2 Å². The van der Waals surface area contributed by atoms with Gasteiger partial charge in [-0.25, -0.2) is 0 Å². The number of nitriles is 1. The van der Waals surface area contributed by atoms with E-state index in [2.05, 4.69) is 13.0 Å². The third-order valence-corrected chi connectivity index (χ3v) is 3.28. The largest absolute Gasteiger partial charge is 0.342 e. The van der Waals surface area contributed by atoms with Crippen molar-refractivity contribution >= 4 is 5.91 Å². The molecule has 0 heterocycles. The van der Waals surface area contributed by atoms with Gasteiger partial charge in [0.15, 0.2) is 0 Å². The number of hydrogen-bond donors (Lipinski definition) is 0. The monoisotopic (exact) mass is 224 g/mol. The Bertz CT molecular complexity index is 251. The van der Waals surface area contributed by atoms with Crippen molar-refractivity contribution in [3.05, 3.63) is 0 Å². The summed E-state index contributed by atoms with van der Waals surface area (Å²) in [5, 5.41) is 9.22. The summed E-state index contributed by atoms with van der Waals surface area (Å²) in [7, 11) is 0. The van der Waals surface area contributed by atoms with Crippen molar-refractivity contribution in [2.75, 3.05) is 13.1 Å². The van der Waals surface area contributed by atoms with Crippen LogP contribution in [0.1, 0.15) is 53.4 Å². The zero-order chi connectivity index (χ0) is 12.6. The highest BCUT2D eigenvalue weighted by Crippen LogP contribution is 2.28. The van der Waals surface area contributed by atoms with Crippen LogP contribution in [-0.4, -0.2) is 23.9 Å². The van der Waals surface area contributed by atoms with Crippen molar-refractivity contribution in [2.24, 2.45) is 5.41 Å². The van der Waals surface area contributed by atoms with E-state index >= 15 is 0 Å². The summed E-state index contributed by atoms with van der Waals surface area (Å²) in [6, 6.07) is 2.21. The summed E-state index contributed by atoms with van der Waals surface area (Å²) >= 11 is 0. The van der Waals surface area contributed by atoms with Crippen molar-refractivity contribution in [1.29, 1.82) is 5.26 Å². The van der Waals surface area contributed by atoms with Crippen molar-refractivity contribution in [3.63, 3.8) is 0 Å². The van der Waals surface area contributed by atoms with Crippen LogP contribution in [0.2, 0.25) is 0 Å². The van der Waals surface area contributed by atoms with Crippen LogP contribution in [-0.2, 0) is 4.79 Å². The highest BCUT2D eigenvalue weighted by atomic mass is 16.2. The van der Waals surface area contributed by atoms with E-state index in [1.165, 1.54) is 0 Å². The van der Waals surface area contributed by atoms with Gasteiger partial charge in [0, 0.05) is 13.1 Å². The van der Waals surface area contributed by atoms with E-state index < -0.39 is 5.41 Å². The number of carbonyl (C=O) groups excluding carboxylic acids is 1. The van der Waals surface area contributed by atoms with Gasteiger partial charge in [0.2, 0.25) is 5.91 Å². The van der Waals surface area contributed by atoms with Crippen LogP contribution in [0.4, 0.5) is 0 Å². The lowest BCUT2D eigenvalue weighted by Crippen LogP contribution is -2.43. The molecule has 0 saturated carbocycles. The Labute approximate surface area is 99.4 Å². The predicted octanol–water partition coefficient (Wildman–Crippen LogP) is 2.96. The lowest BCUT2D eigenvalue weighted by molar-refractivity contribution is -0.139. The Kier molecular flexibility index (Phi) is 6.80. The first-order valence-electron chi connectivity index (χ1n) is 6.32. The molecule has 0 aromatic carbocycles. The second-order valence-corrected chi connectivity index (χ2v) is 4.14. The maximum atomic E-state index is 12.3. The van der Waals surface area contributed by atoms with E-state index in [9.17, 15) is 10.1 Å². The van der Waals surface area contributed by atoms with Gasteiger partial charge in [-0.05, 0) is 26.2 Å². The Hall–Kier alpha value is -1.04. The standard InChI is InChI=1S/C13H24N2O/c1-5-9-10-15(8-4)12(16)13(6-2,7-3)11-14/h5-10H2,1-4H3. The fourth-order valence-corrected chi connectivity index (χ4v) is 1.81. The molecular formula is C13H24N2O. The van der Waals surface area contributed by atoms with E-state index in [0.29, 0.717) is 19.4 Å². The quantitative estimate of drug-likeness (QED) is 0.667. The van der Waals surface area contributed by atoms with Crippen LogP contribution in [0, 0.1) is 16.7 Å². The number of unbranched alkanes of at least 4 members (excludes halogenated alkanes) is 1. The molecule has 0 rings (SSSR count). The average molecular weight is 224 g/mol. The Morgan fingerprint density at radius 1 is 1.25 bits per heavy atom. The smallest absolute Gasteiger partial charge is 0.243 e. The molecule has 16 heavy (non-hydrogen) atoms. The summed E-state index contributed by atoms with van der Waals surface area (Å²) in [6.07, 6.45) is 3.28. The second kappa shape index (κ2) is 7.27.